The van der Waals surface area contributed by atoms with Crippen LogP contribution in [0.2, 0.25) is 5.02 Å². The van der Waals surface area contributed by atoms with E-state index in [1.54, 1.807) is 24.3 Å². The second-order valence-corrected chi connectivity index (χ2v) is 4.29. The molecule has 0 unspecified atom stereocenters. The van der Waals surface area contributed by atoms with E-state index >= 15 is 0 Å². The van der Waals surface area contributed by atoms with Gasteiger partial charge in [-0.2, -0.15) is 0 Å². The quantitative estimate of drug-likeness (QED) is 0.883. The van der Waals surface area contributed by atoms with Gasteiger partial charge in [-0.15, -0.1) is 0 Å². The molecular weight excluding hydrogens is 254 g/mol. The number of amides is 1. The molecule has 5 nitrogen and oxygen atoms in total. The molecule has 1 aliphatic heterocycles. The van der Waals surface area contributed by atoms with E-state index in [9.17, 15) is 9.59 Å². The van der Waals surface area contributed by atoms with Crippen molar-refractivity contribution < 1.29 is 9.59 Å². The van der Waals surface area contributed by atoms with E-state index in [-0.39, 0.29) is 23.9 Å². The summed E-state index contributed by atoms with van der Waals surface area (Å²) in [7, 11) is 0. The molecule has 1 heterocycles. The number of carbonyl (C=O) groups is 2. The number of Topliss-reactive ketones (excluding diaryl/α,β-unsaturated/α-hetero) is 1. The molecule has 0 atom stereocenters. The largest absolute Gasteiger partial charge is 0.291 e. The van der Waals surface area contributed by atoms with Gasteiger partial charge in [0, 0.05) is 18.4 Å². The van der Waals surface area contributed by atoms with Crippen LogP contribution in [0, 0.1) is 0 Å². The van der Waals surface area contributed by atoms with Crippen LogP contribution >= 0.6 is 11.6 Å². The number of anilines is 1. The van der Waals surface area contributed by atoms with Crippen molar-refractivity contribution in [3.8, 4) is 0 Å². The number of halogens is 1. The number of nitrogens with zero attached hydrogens (tertiary/aromatic N) is 2. The van der Waals surface area contributed by atoms with Gasteiger partial charge in [-0.05, 0) is 24.3 Å². The second-order valence-electron chi connectivity index (χ2n) is 3.85. The number of nitrogens with one attached hydrogen (secondary N) is 1. The molecule has 94 valence electrons. The van der Waals surface area contributed by atoms with Crippen LogP contribution in [-0.4, -0.2) is 24.1 Å². The lowest BCUT2D eigenvalue weighted by molar-refractivity contribution is -0.118. The highest BCUT2D eigenvalue weighted by Crippen LogP contribution is 2.18. The molecule has 1 aromatic carbocycles. The molecule has 1 aliphatic rings. The third-order valence-corrected chi connectivity index (χ3v) is 2.73. The molecule has 0 saturated heterocycles. The molecule has 6 heteroatoms. The van der Waals surface area contributed by atoms with Gasteiger partial charge in [0.05, 0.1) is 12.2 Å². The highest BCUT2D eigenvalue weighted by atomic mass is 35.5. The first-order chi connectivity index (χ1) is 8.58. The van der Waals surface area contributed by atoms with Crippen LogP contribution in [0.3, 0.4) is 0 Å². The highest BCUT2D eigenvalue weighted by molar-refractivity contribution is 6.38. The number of aliphatic imine (C=N–C) groups is 1. The SMILES string of the molecule is CC(=O)C1=NCCC(=O)N(c2ccc(Cl)cc2)N1. The Bertz CT molecular complexity index is 511. The first kappa shape index (κ1) is 12.6. The Morgan fingerprint density at radius 3 is 2.67 bits per heavy atom. The normalized spacial score (nSPS) is 15.8. The van der Waals surface area contributed by atoms with Crippen LogP contribution < -0.4 is 10.4 Å². The van der Waals surface area contributed by atoms with E-state index in [4.69, 9.17) is 11.6 Å². The van der Waals surface area contributed by atoms with Crippen molar-refractivity contribution in [2.75, 3.05) is 11.6 Å². The number of carbonyl (C=O) groups excluding carboxylic acids is 2. The van der Waals surface area contributed by atoms with Crippen molar-refractivity contribution in [3.63, 3.8) is 0 Å². The molecule has 0 aliphatic carbocycles. The smallest absolute Gasteiger partial charge is 0.247 e. The Morgan fingerprint density at radius 2 is 2.06 bits per heavy atom. The topological polar surface area (TPSA) is 61.8 Å². The van der Waals surface area contributed by atoms with E-state index in [2.05, 4.69) is 10.4 Å². The molecule has 1 N–H and O–H groups in total. The highest BCUT2D eigenvalue weighted by Gasteiger charge is 2.21. The molecule has 0 saturated carbocycles. The summed E-state index contributed by atoms with van der Waals surface area (Å²) in [5, 5.41) is 1.91. The van der Waals surface area contributed by atoms with E-state index < -0.39 is 0 Å². The standard InChI is InChI=1S/C12H12ClN3O2/c1-8(17)12-14-7-6-11(18)16(15-12)10-4-2-9(13)3-5-10/h2-5H,6-7H2,1H3,(H,14,15). The third kappa shape index (κ3) is 2.68. The molecule has 18 heavy (non-hydrogen) atoms. The predicted octanol–water partition coefficient (Wildman–Crippen LogP) is 1.57. The van der Waals surface area contributed by atoms with Crippen LogP contribution in [0.1, 0.15) is 13.3 Å². The lowest BCUT2D eigenvalue weighted by atomic mass is 10.3. The van der Waals surface area contributed by atoms with Gasteiger partial charge in [-0.1, -0.05) is 11.6 Å². The fourth-order valence-electron chi connectivity index (χ4n) is 1.57. The van der Waals surface area contributed by atoms with Gasteiger partial charge >= 0.3 is 0 Å². The molecule has 1 amide bonds. The average Bonchev–Trinajstić information content (AvgIpc) is 2.52. The maximum absolute atomic E-state index is 11.9. The monoisotopic (exact) mass is 265 g/mol. The van der Waals surface area contributed by atoms with Crippen molar-refractivity contribution in [1.82, 2.24) is 5.43 Å². The minimum absolute atomic E-state index is 0.141. The minimum atomic E-state index is -0.205. The molecule has 1 aromatic rings. The molecule has 0 radical (unpaired) electrons. The van der Waals surface area contributed by atoms with Gasteiger partial charge in [0.25, 0.3) is 0 Å². The number of rotatable bonds is 2. The number of ketones is 1. The zero-order valence-electron chi connectivity index (χ0n) is 9.81. The molecule has 0 spiro atoms. The van der Waals surface area contributed by atoms with Crippen LogP contribution in [0.15, 0.2) is 29.3 Å². The lowest BCUT2D eigenvalue weighted by Gasteiger charge is -2.22. The molecule has 0 fully saturated rings. The van der Waals surface area contributed by atoms with Gasteiger partial charge in [0.2, 0.25) is 5.91 Å². The fourth-order valence-corrected chi connectivity index (χ4v) is 1.69. The number of hydrazine groups is 1. The number of hydrogen-bond acceptors (Lipinski definition) is 4. The number of benzene rings is 1. The Kier molecular flexibility index (Phi) is 3.62. The predicted molar refractivity (Wildman–Crippen MR) is 69.7 cm³/mol. The van der Waals surface area contributed by atoms with Gasteiger partial charge in [-0.25, -0.2) is 5.01 Å². The average molecular weight is 266 g/mol. The van der Waals surface area contributed by atoms with Crippen LogP contribution in [0.4, 0.5) is 5.69 Å². The Balaban J connectivity index is 2.29. The van der Waals surface area contributed by atoms with E-state index in [0.717, 1.165) is 0 Å². The summed E-state index contributed by atoms with van der Waals surface area (Å²) in [5.41, 5.74) is 3.37. The van der Waals surface area contributed by atoms with Crippen molar-refractivity contribution >= 4 is 34.8 Å². The van der Waals surface area contributed by atoms with Crippen LogP contribution in [0.25, 0.3) is 0 Å². The zero-order chi connectivity index (χ0) is 13.1. The summed E-state index contributed by atoms with van der Waals surface area (Å²) >= 11 is 5.80. The maximum atomic E-state index is 11.9. The molecule has 2 rings (SSSR count). The van der Waals surface area contributed by atoms with Gasteiger partial charge < -0.3 is 0 Å². The van der Waals surface area contributed by atoms with Crippen LogP contribution in [0.5, 0.6) is 0 Å². The third-order valence-electron chi connectivity index (χ3n) is 2.48. The number of hydrogen-bond donors (Lipinski definition) is 1. The Labute approximate surface area is 109 Å². The summed E-state index contributed by atoms with van der Waals surface area (Å²) in [6.07, 6.45) is 0.256. The molecule has 0 bridgehead atoms. The van der Waals surface area contributed by atoms with Crippen LogP contribution in [-0.2, 0) is 9.59 Å². The Morgan fingerprint density at radius 1 is 1.39 bits per heavy atom. The second kappa shape index (κ2) is 5.18. The first-order valence-electron chi connectivity index (χ1n) is 5.48. The minimum Gasteiger partial charge on any atom is -0.291 e. The van der Waals surface area contributed by atoms with Gasteiger partial charge in [-0.3, -0.25) is 20.0 Å². The Hall–Kier alpha value is -1.88. The molecular formula is C12H12ClN3O2. The van der Waals surface area contributed by atoms with Gasteiger partial charge in [0.15, 0.2) is 11.6 Å². The fraction of sp³-hybridized carbons (Fsp3) is 0.250. The summed E-state index contributed by atoms with van der Waals surface area (Å²) in [5.74, 6) is -0.156. The maximum Gasteiger partial charge on any atom is 0.247 e. The van der Waals surface area contributed by atoms with E-state index in [0.29, 0.717) is 17.3 Å². The van der Waals surface area contributed by atoms with Gasteiger partial charge in [0.1, 0.15) is 0 Å². The first-order valence-corrected chi connectivity index (χ1v) is 5.86. The summed E-state index contributed by atoms with van der Waals surface area (Å²) in [6, 6.07) is 6.77. The molecule has 0 aromatic heterocycles. The zero-order valence-corrected chi connectivity index (χ0v) is 10.6. The van der Waals surface area contributed by atoms with Crippen molar-refractivity contribution in [3.05, 3.63) is 29.3 Å². The van der Waals surface area contributed by atoms with Crippen molar-refractivity contribution in [1.29, 1.82) is 0 Å². The van der Waals surface area contributed by atoms with Crippen molar-refractivity contribution in [2.24, 2.45) is 4.99 Å². The summed E-state index contributed by atoms with van der Waals surface area (Å²) in [4.78, 5) is 27.3. The summed E-state index contributed by atoms with van der Waals surface area (Å²) < 4.78 is 0. The summed E-state index contributed by atoms with van der Waals surface area (Å²) in [6.45, 7) is 1.71. The van der Waals surface area contributed by atoms with Crippen molar-refractivity contribution in [2.45, 2.75) is 13.3 Å². The lowest BCUT2D eigenvalue weighted by Crippen LogP contribution is -2.47. The van der Waals surface area contributed by atoms with E-state index in [1.165, 1.54) is 11.9 Å². The number of amidine groups is 1. The van der Waals surface area contributed by atoms with E-state index in [1.807, 2.05) is 0 Å².